The Hall–Kier alpha value is -2.30. The molecule has 0 aliphatic rings. The Bertz CT molecular complexity index is 900. The smallest absolute Gasteiger partial charge is 0.387 e. The van der Waals surface area contributed by atoms with E-state index in [9.17, 15) is 18.9 Å². The number of alkyl halides is 2. The molecule has 0 atom stereocenters. The van der Waals surface area contributed by atoms with Gasteiger partial charge in [0.15, 0.2) is 5.69 Å². The molecular formula is C18H22ClF2N3O4Si. The van der Waals surface area contributed by atoms with E-state index >= 15 is 0 Å². The van der Waals surface area contributed by atoms with E-state index in [1.54, 1.807) is 0 Å². The van der Waals surface area contributed by atoms with Gasteiger partial charge in [0.2, 0.25) is 0 Å². The number of rotatable bonds is 10. The zero-order valence-corrected chi connectivity index (χ0v) is 18.1. The Labute approximate surface area is 173 Å². The van der Waals surface area contributed by atoms with Crippen molar-refractivity contribution >= 4 is 31.4 Å². The maximum Gasteiger partial charge on any atom is 0.387 e. The summed E-state index contributed by atoms with van der Waals surface area (Å²) in [6.07, 6.45) is 2.46. The van der Waals surface area contributed by atoms with Gasteiger partial charge in [-0.1, -0.05) is 43.9 Å². The van der Waals surface area contributed by atoms with Gasteiger partial charge in [-0.15, -0.1) is 0 Å². The molecular weight excluding hydrogens is 424 g/mol. The molecule has 1 aromatic heterocycles. The lowest BCUT2D eigenvalue weighted by Gasteiger charge is -2.16. The molecule has 2 rings (SSSR count). The predicted octanol–water partition coefficient (Wildman–Crippen LogP) is 5.67. The molecule has 11 heteroatoms. The van der Waals surface area contributed by atoms with Gasteiger partial charge in [0.05, 0.1) is 15.5 Å². The van der Waals surface area contributed by atoms with E-state index in [1.807, 2.05) is 0 Å². The minimum absolute atomic E-state index is 0.0154. The number of aromatic nitrogens is 2. The van der Waals surface area contributed by atoms with E-state index in [0.717, 1.165) is 12.2 Å². The highest BCUT2D eigenvalue weighted by Gasteiger charge is 2.27. The Morgan fingerprint density at radius 1 is 1.41 bits per heavy atom. The van der Waals surface area contributed by atoms with Crippen molar-refractivity contribution in [2.45, 2.75) is 39.0 Å². The molecule has 0 saturated heterocycles. The molecule has 0 spiro atoms. The number of nitrogens with zero attached hydrogens (tertiary/aromatic N) is 3. The standard InChI is InChI=1S/C18H22ClF2N3O4Si/c1-5-12-8-13(16(9-14(12)19)28-18(20)21)17-15(24(25)26)10-22-23(17)11-27-6-7-29(2,3)4/h5,8-10,18H,1,6-7,11H2,2-4H3. The van der Waals surface area contributed by atoms with Crippen LogP contribution in [0.25, 0.3) is 17.3 Å². The lowest BCUT2D eigenvalue weighted by atomic mass is 10.1. The third kappa shape index (κ3) is 6.08. The summed E-state index contributed by atoms with van der Waals surface area (Å²) in [5.41, 5.74) is 0.0706. The maximum absolute atomic E-state index is 12.9. The van der Waals surface area contributed by atoms with E-state index in [0.29, 0.717) is 12.2 Å². The van der Waals surface area contributed by atoms with Crippen LogP contribution < -0.4 is 4.74 Å². The summed E-state index contributed by atoms with van der Waals surface area (Å²) >= 11 is 6.06. The van der Waals surface area contributed by atoms with E-state index < -0.39 is 19.6 Å². The van der Waals surface area contributed by atoms with Gasteiger partial charge in [-0.2, -0.15) is 13.9 Å². The highest BCUT2D eigenvalue weighted by molar-refractivity contribution is 6.76. The molecule has 0 unspecified atom stereocenters. The zero-order chi connectivity index (χ0) is 21.8. The zero-order valence-electron chi connectivity index (χ0n) is 16.3. The van der Waals surface area contributed by atoms with Gasteiger partial charge >= 0.3 is 12.3 Å². The van der Waals surface area contributed by atoms with E-state index in [1.165, 1.54) is 22.9 Å². The van der Waals surface area contributed by atoms with E-state index in [4.69, 9.17) is 16.3 Å². The van der Waals surface area contributed by atoms with Crippen LogP contribution in [0.3, 0.4) is 0 Å². The highest BCUT2D eigenvalue weighted by atomic mass is 35.5. The fourth-order valence-electron chi connectivity index (χ4n) is 2.52. The van der Waals surface area contributed by atoms with Crippen molar-refractivity contribution in [3.8, 4) is 17.0 Å². The Morgan fingerprint density at radius 2 is 2.10 bits per heavy atom. The second kappa shape index (κ2) is 9.46. The quantitative estimate of drug-likeness (QED) is 0.204. The third-order valence-corrected chi connectivity index (χ3v) is 6.05. The van der Waals surface area contributed by atoms with Crippen molar-refractivity contribution in [2.75, 3.05) is 6.61 Å². The van der Waals surface area contributed by atoms with Gasteiger partial charge in [0, 0.05) is 20.7 Å². The summed E-state index contributed by atoms with van der Waals surface area (Å²) in [6.45, 7) is 7.45. The summed E-state index contributed by atoms with van der Waals surface area (Å²) in [5, 5.41) is 15.6. The topological polar surface area (TPSA) is 79.4 Å². The summed E-state index contributed by atoms with van der Waals surface area (Å²) < 4.78 is 37.3. The number of benzene rings is 1. The molecule has 0 saturated carbocycles. The third-order valence-electron chi connectivity index (χ3n) is 4.02. The molecule has 0 bridgehead atoms. The van der Waals surface area contributed by atoms with Crippen molar-refractivity contribution in [1.29, 1.82) is 0 Å². The summed E-state index contributed by atoms with van der Waals surface area (Å²) in [7, 11) is -1.32. The average Bonchev–Trinajstić information content (AvgIpc) is 3.01. The molecule has 29 heavy (non-hydrogen) atoms. The molecule has 2 aromatic rings. The van der Waals surface area contributed by atoms with Crippen LogP contribution in [0.5, 0.6) is 5.75 Å². The second-order valence-electron chi connectivity index (χ2n) is 7.44. The van der Waals surface area contributed by atoms with E-state index in [2.05, 4.69) is 36.1 Å². The van der Waals surface area contributed by atoms with Crippen LogP contribution in [-0.2, 0) is 11.5 Å². The van der Waals surface area contributed by atoms with Crippen LogP contribution in [0.4, 0.5) is 14.5 Å². The monoisotopic (exact) mass is 445 g/mol. The number of halogens is 3. The van der Waals surface area contributed by atoms with Crippen molar-refractivity contribution in [2.24, 2.45) is 0 Å². The molecule has 0 N–H and O–H groups in total. The molecule has 0 amide bonds. The van der Waals surface area contributed by atoms with Gasteiger partial charge in [0.25, 0.3) is 0 Å². The van der Waals surface area contributed by atoms with Crippen LogP contribution in [0.15, 0.2) is 24.9 Å². The van der Waals surface area contributed by atoms with Gasteiger partial charge < -0.3 is 9.47 Å². The van der Waals surface area contributed by atoms with Gasteiger partial charge in [0.1, 0.15) is 18.7 Å². The number of nitro groups is 1. The lowest BCUT2D eigenvalue weighted by Crippen LogP contribution is -2.22. The van der Waals surface area contributed by atoms with Crippen LogP contribution in [0.1, 0.15) is 5.56 Å². The van der Waals surface area contributed by atoms with Gasteiger partial charge in [-0.05, 0) is 17.7 Å². The minimum atomic E-state index is -3.14. The van der Waals surface area contributed by atoms with Crippen molar-refractivity contribution in [3.05, 3.63) is 45.6 Å². The van der Waals surface area contributed by atoms with Crippen molar-refractivity contribution in [1.82, 2.24) is 9.78 Å². The summed E-state index contributed by atoms with van der Waals surface area (Å²) in [6, 6.07) is 3.47. The Morgan fingerprint density at radius 3 is 2.66 bits per heavy atom. The summed E-state index contributed by atoms with van der Waals surface area (Å²) in [5.74, 6) is -0.303. The lowest BCUT2D eigenvalue weighted by molar-refractivity contribution is -0.384. The molecule has 1 aromatic carbocycles. The number of hydrogen-bond donors (Lipinski definition) is 0. The normalized spacial score (nSPS) is 11.7. The number of ether oxygens (including phenoxy) is 2. The fraction of sp³-hybridized carbons (Fsp3) is 0.389. The predicted molar refractivity (Wildman–Crippen MR) is 110 cm³/mol. The molecule has 0 fully saturated rings. The van der Waals surface area contributed by atoms with Gasteiger partial charge in [-0.3, -0.25) is 10.1 Å². The highest BCUT2D eigenvalue weighted by Crippen LogP contribution is 2.40. The number of hydrogen-bond acceptors (Lipinski definition) is 5. The largest absolute Gasteiger partial charge is 0.434 e. The molecule has 158 valence electrons. The van der Waals surface area contributed by atoms with Crippen LogP contribution in [-0.4, -0.2) is 36.0 Å². The van der Waals surface area contributed by atoms with E-state index in [-0.39, 0.29) is 34.4 Å². The maximum atomic E-state index is 12.9. The van der Waals surface area contributed by atoms with Crippen molar-refractivity contribution < 1.29 is 23.2 Å². The average molecular weight is 446 g/mol. The van der Waals surface area contributed by atoms with Gasteiger partial charge in [-0.25, -0.2) is 4.68 Å². The molecule has 0 aliphatic carbocycles. The fourth-order valence-corrected chi connectivity index (χ4v) is 3.51. The second-order valence-corrected chi connectivity index (χ2v) is 13.5. The van der Waals surface area contributed by atoms with Crippen LogP contribution in [0, 0.1) is 10.1 Å². The molecule has 1 heterocycles. The molecule has 0 aliphatic heterocycles. The first-order valence-electron chi connectivity index (χ1n) is 8.72. The van der Waals surface area contributed by atoms with Crippen LogP contribution in [0.2, 0.25) is 30.7 Å². The first-order valence-corrected chi connectivity index (χ1v) is 12.8. The first kappa shape index (κ1) is 23.0. The minimum Gasteiger partial charge on any atom is -0.434 e. The molecule has 7 nitrogen and oxygen atoms in total. The van der Waals surface area contributed by atoms with Crippen LogP contribution >= 0.6 is 11.6 Å². The Balaban J connectivity index is 2.50. The summed E-state index contributed by atoms with van der Waals surface area (Å²) in [4.78, 5) is 10.9. The van der Waals surface area contributed by atoms with Crippen molar-refractivity contribution in [3.63, 3.8) is 0 Å². The SMILES string of the molecule is C=Cc1cc(-c2c([N+](=O)[O-])cnn2COCC[Si](C)(C)C)c(OC(F)F)cc1Cl. The first-order chi connectivity index (χ1) is 13.5. The Kier molecular flexibility index (Phi) is 7.50. The molecule has 0 radical (unpaired) electrons.